The van der Waals surface area contributed by atoms with Crippen molar-refractivity contribution in [3.63, 3.8) is 0 Å². The summed E-state index contributed by atoms with van der Waals surface area (Å²) >= 11 is 3.32. The van der Waals surface area contributed by atoms with E-state index in [0.29, 0.717) is 18.8 Å². The van der Waals surface area contributed by atoms with Crippen molar-refractivity contribution in [3.05, 3.63) is 22.4 Å². The highest BCUT2D eigenvalue weighted by Gasteiger charge is 2.14. The Balaban J connectivity index is 2.83. The molecule has 0 fully saturated rings. The fraction of sp³-hybridized carbons (Fsp3) is 0.444. The van der Waals surface area contributed by atoms with Crippen molar-refractivity contribution < 1.29 is 4.79 Å². The zero-order valence-corrected chi connectivity index (χ0v) is 9.91. The van der Waals surface area contributed by atoms with Crippen LogP contribution in [0.25, 0.3) is 0 Å². The Hall–Kier alpha value is -0.810. The zero-order chi connectivity index (χ0) is 10.7. The quantitative estimate of drug-likeness (QED) is 0.874. The Bertz CT molecular complexity index is 335. The summed E-state index contributed by atoms with van der Waals surface area (Å²) in [6, 6.07) is 1.80. The molecule has 0 aliphatic heterocycles. The number of carbonyl (C=O) groups is 1. The van der Waals surface area contributed by atoms with Crippen molar-refractivity contribution in [2.45, 2.75) is 0 Å². The molecule has 1 amide bonds. The van der Waals surface area contributed by atoms with Gasteiger partial charge in [-0.3, -0.25) is 4.79 Å². The van der Waals surface area contributed by atoms with Crippen LogP contribution in [0.15, 0.2) is 16.7 Å². The normalized spacial score (nSPS) is 10.3. The Morgan fingerprint density at radius 1 is 1.71 bits per heavy atom. The second kappa shape index (κ2) is 4.61. The second-order valence-electron chi connectivity index (χ2n) is 3.17. The van der Waals surface area contributed by atoms with E-state index in [1.54, 1.807) is 22.6 Å². The summed E-state index contributed by atoms with van der Waals surface area (Å²) in [4.78, 5) is 13.4. The number of aromatic nitrogens is 1. The lowest BCUT2D eigenvalue weighted by Gasteiger charge is -2.15. The molecule has 1 aromatic rings. The van der Waals surface area contributed by atoms with Gasteiger partial charge < -0.3 is 15.2 Å². The van der Waals surface area contributed by atoms with Gasteiger partial charge in [-0.1, -0.05) is 0 Å². The van der Waals surface area contributed by atoms with Gasteiger partial charge in [0.2, 0.25) is 0 Å². The molecule has 14 heavy (non-hydrogen) atoms. The highest BCUT2D eigenvalue weighted by Crippen LogP contribution is 2.14. The summed E-state index contributed by atoms with van der Waals surface area (Å²) in [5, 5.41) is 0. The molecule has 1 aromatic heterocycles. The maximum Gasteiger partial charge on any atom is 0.270 e. The summed E-state index contributed by atoms with van der Waals surface area (Å²) in [5.41, 5.74) is 6.04. The predicted octanol–water partition coefficient (Wildman–Crippen LogP) is 0.818. The molecule has 78 valence electrons. The average molecular weight is 260 g/mol. The van der Waals surface area contributed by atoms with E-state index in [0.717, 1.165) is 4.47 Å². The van der Waals surface area contributed by atoms with Crippen molar-refractivity contribution in [2.24, 2.45) is 12.8 Å². The molecule has 0 atom stereocenters. The molecule has 0 aliphatic carbocycles. The Labute approximate surface area is 91.8 Å². The SMILES string of the molecule is CN(CCN)C(=O)c1cc(Br)cn1C. The number of aryl methyl sites for hydroxylation is 1. The number of halogens is 1. The summed E-state index contributed by atoms with van der Waals surface area (Å²) in [6.45, 7) is 1.05. The molecule has 1 heterocycles. The number of nitrogens with zero attached hydrogens (tertiary/aromatic N) is 2. The van der Waals surface area contributed by atoms with Crippen LogP contribution in [0.3, 0.4) is 0 Å². The smallest absolute Gasteiger partial charge is 0.270 e. The molecule has 5 heteroatoms. The lowest BCUT2D eigenvalue weighted by atomic mass is 10.3. The number of nitrogens with two attached hydrogens (primary N) is 1. The van der Waals surface area contributed by atoms with Crippen molar-refractivity contribution in [3.8, 4) is 0 Å². The number of amides is 1. The highest BCUT2D eigenvalue weighted by molar-refractivity contribution is 9.10. The maximum atomic E-state index is 11.8. The molecule has 0 aromatic carbocycles. The third kappa shape index (κ3) is 2.36. The number of hydrogen-bond donors (Lipinski definition) is 1. The van der Waals surface area contributed by atoms with Crippen LogP contribution in [0.1, 0.15) is 10.5 Å². The standard InChI is InChI=1S/C9H14BrN3O/c1-12(4-3-11)9(14)8-5-7(10)6-13(8)2/h5-6H,3-4,11H2,1-2H3. The fourth-order valence-corrected chi connectivity index (χ4v) is 1.75. The first-order valence-corrected chi connectivity index (χ1v) is 5.13. The van der Waals surface area contributed by atoms with E-state index in [4.69, 9.17) is 5.73 Å². The number of hydrogen-bond acceptors (Lipinski definition) is 2. The van der Waals surface area contributed by atoms with Crippen LogP contribution in [-0.2, 0) is 7.05 Å². The lowest BCUT2D eigenvalue weighted by molar-refractivity contribution is 0.0789. The van der Waals surface area contributed by atoms with Gasteiger partial charge in [-0.05, 0) is 22.0 Å². The molecule has 0 spiro atoms. The van der Waals surface area contributed by atoms with E-state index >= 15 is 0 Å². The van der Waals surface area contributed by atoms with Crippen LogP contribution >= 0.6 is 15.9 Å². The van der Waals surface area contributed by atoms with Gasteiger partial charge in [0, 0.05) is 37.9 Å². The molecule has 0 aliphatic rings. The molecule has 0 bridgehead atoms. The molecule has 4 nitrogen and oxygen atoms in total. The summed E-state index contributed by atoms with van der Waals surface area (Å²) < 4.78 is 2.70. The van der Waals surface area contributed by atoms with Crippen LogP contribution < -0.4 is 5.73 Å². The third-order valence-corrected chi connectivity index (χ3v) is 2.44. The number of carbonyl (C=O) groups excluding carboxylic acids is 1. The number of rotatable bonds is 3. The fourth-order valence-electron chi connectivity index (χ4n) is 1.23. The van der Waals surface area contributed by atoms with Gasteiger partial charge >= 0.3 is 0 Å². The van der Waals surface area contributed by atoms with Crippen molar-refractivity contribution in [2.75, 3.05) is 20.1 Å². The van der Waals surface area contributed by atoms with Gasteiger partial charge in [0.15, 0.2) is 0 Å². The van der Waals surface area contributed by atoms with Crippen LogP contribution in [0.2, 0.25) is 0 Å². The molecule has 0 radical (unpaired) electrons. The first-order chi connectivity index (χ1) is 6.56. The van der Waals surface area contributed by atoms with Crippen LogP contribution in [-0.4, -0.2) is 35.5 Å². The highest BCUT2D eigenvalue weighted by atomic mass is 79.9. The van der Waals surface area contributed by atoms with Crippen molar-refractivity contribution >= 4 is 21.8 Å². The molecule has 0 saturated carbocycles. The van der Waals surface area contributed by atoms with E-state index in [-0.39, 0.29) is 5.91 Å². The predicted molar refractivity (Wildman–Crippen MR) is 59.1 cm³/mol. The van der Waals surface area contributed by atoms with E-state index < -0.39 is 0 Å². The van der Waals surface area contributed by atoms with Gasteiger partial charge in [0.1, 0.15) is 5.69 Å². The Kier molecular flexibility index (Phi) is 3.71. The van der Waals surface area contributed by atoms with Crippen molar-refractivity contribution in [1.29, 1.82) is 0 Å². The Morgan fingerprint density at radius 3 is 2.79 bits per heavy atom. The lowest BCUT2D eigenvalue weighted by Crippen LogP contribution is -2.32. The van der Waals surface area contributed by atoms with Crippen LogP contribution in [0, 0.1) is 0 Å². The van der Waals surface area contributed by atoms with E-state index in [1.165, 1.54) is 0 Å². The van der Waals surface area contributed by atoms with Gasteiger partial charge in [-0.25, -0.2) is 0 Å². The molecule has 0 saturated heterocycles. The summed E-state index contributed by atoms with van der Waals surface area (Å²) in [6.07, 6.45) is 1.85. The molecular formula is C9H14BrN3O. The maximum absolute atomic E-state index is 11.8. The first kappa shape index (κ1) is 11.3. The van der Waals surface area contributed by atoms with E-state index in [2.05, 4.69) is 15.9 Å². The summed E-state index contributed by atoms with van der Waals surface area (Å²) in [7, 11) is 3.59. The zero-order valence-electron chi connectivity index (χ0n) is 8.33. The van der Waals surface area contributed by atoms with Gasteiger partial charge in [-0.2, -0.15) is 0 Å². The molecule has 2 N–H and O–H groups in total. The van der Waals surface area contributed by atoms with Gasteiger partial charge in [-0.15, -0.1) is 0 Å². The first-order valence-electron chi connectivity index (χ1n) is 4.33. The Morgan fingerprint density at radius 2 is 2.36 bits per heavy atom. The third-order valence-electron chi connectivity index (χ3n) is 2.00. The van der Waals surface area contributed by atoms with Gasteiger partial charge in [0.25, 0.3) is 5.91 Å². The second-order valence-corrected chi connectivity index (χ2v) is 4.09. The summed E-state index contributed by atoms with van der Waals surface area (Å²) in [5.74, 6) is -0.0105. The molecule has 1 rings (SSSR count). The monoisotopic (exact) mass is 259 g/mol. The van der Waals surface area contributed by atoms with E-state index in [9.17, 15) is 4.79 Å². The van der Waals surface area contributed by atoms with Gasteiger partial charge in [0.05, 0.1) is 0 Å². The average Bonchev–Trinajstić information content (AvgIpc) is 2.44. The van der Waals surface area contributed by atoms with Crippen LogP contribution in [0.4, 0.5) is 0 Å². The van der Waals surface area contributed by atoms with Crippen molar-refractivity contribution in [1.82, 2.24) is 9.47 Å². The van der Waals surface area contributed by atoms with E-state index in [1.807, 2.05) is 13.2 Å². The molecular weight excluding hydrogens is 246 g/mol. The molecule has 0 unspecified atom stereocenters. The minimum Gasteiger partial charge on any atom is -0.345 e. The topological polar surface area (TPSA) is 51.3 Å². The largest absolute Gasteiger partial charge is 0.345 e. The van der Waals surface area contributed by atoms with Crippen LogP contribution in [0.5, 0.6) is 0 Å². The minimum absolute atomic E-state index is 0.0105. The number of likely N-dealkylation sites (N-methyl/N-ethyl adjacent to an activating group) is 1. The minimum atomic E-state index is -0.0105.